The minimum Gasteiger partial charge on any atom is -0.462 e. The lowest BCUT2D eigenvalue weighted by molar-refractivity contribution is -0.167. The molecule has 0 rings (SSSR count). The average Bonchev–Trinajstić information content (AvgIpc) is 3.33. The topological polar surface area (TPSA) is 78.9 Å². The molecule has 6 nitrogen and oxygen atoms in total. The standard InChI is InChI=1S/C61H102O6/c1-4-7-10-13-16-19-22-25-27-29-30-32-33-36-39-42-45-48-51-54-60(63)66-57-58(56-65-59(62)53-50-47-44-41-38-35-24-21-18-15-12-9-6-3)67-61(64)55-52-49-46-43-40-37-34-31-28-26-23-20-17-14-11-8-5-2/h7,9-10,12,15-16,18-19,21,24-28,30,32,58H,4-6,8,11,13-14,17,20,22-23,29,31,33-57H2,1-3H3/b10-7+,12-9+,18-15+,19-16+,24-21+,27-25+,28-26+,32-30+. The second-order valence-electron chi connectivity index (χ2n) is 18.1. The molecule has 0 aromatic carbocycles. The minimum atomic E-state index is -0.795. The molecule has 67 heavy (non-hydrogen) atoms. The van der Waals surface area contributed by atoms with Crippen molar-refractivity contribution in [2.24, 2.45) is 0 Å². The summed E-state index contributed by atoms with van der Waals surface area (Å²) in [5, 5.41) is 0. The summed E-state index contributed by atoms with van der Waals surface area (Å²) in [5.41, 5.74) is 0. The van der Waals surface area contributed by atoms with E-state index in [1.165, 1.54) is 89.9 Å². The van der Waals surface area contributed by atoms with Crippen LogP contribution in [0.1, 0.15) is 252 Å². The van der Waals surface area contributed by atoms with Crippen LogP contribution in [0.3, 0.4) is 0 Å². The Morgan fingerprint density at radius 2 is 0.657 bits per heavy atom. The van der Waals surface area contributed by atoms with Gasteiger partial charge in [-0.3, -0.25) is 14.4 Å². The molecular formula is C61H102O6. The SMILES string of the molecule is CC/C=C/C=C/C=C/CCCCCCCC(=O)OCC(COC(=O)CCCCCCCC/C=C/C/C=C/C/C=C/C/C=C/CC)OC(=O)CCCCCCCCC/C=C/CCCCCCCC. The van der Waals surface area contributed by atoms with Gasteiger partial charge in [0.05, 0.1) is 0 Å². The number of carbonyl (C=O) groups excluding carboxylic acids is 3. The lowest BCUT2D eigenvalue weighted by Gasteiger charge is -2.18. The predicted octanol–water partition coefficient (Wildman–Crippen LogP) is 18.5. The van der Waals surface area contributed by atoms with Gasteiger partial charge >= 0.3 is 17.9 Å². The molecule has 0 aliphatic rings. The van der Waals surface area contributed by atoms with Crippen LogP contribution in [0.25, 0.3) is 0 Å². The molecule has 6 heteroatoms. The summed E-state index contributed by atoms with van der Waals surface area (Å²) >= 11 is 0. The Kier molecular flexibility index (Phi) is 51.9. The highest BCUT2D eigenvalue weighted by atomic mass is 16.6. The summed E-state index contributed by atoms with van der Waals surface area (Å²) in [6, 6.07) is 0. The van der Waals surface area contributed by atoms with Crippen molar-refractivity contribution in [2.75, 3.05) is 13.2 Å². The van der Waals surface area contributed by atoms with E-state index >= 15 is 0 Å². The zero-order chi connectivity index (χ0) is 48.6. The van der Waals surface area contributed by atoms with Crippen molar-refractivity contribution in [3.63, 3.8) is 0 Å². The molecular weight excluding hydrogens is 829 g/mol. The number of esters is 3. The number of hydrogen-bond donors (Lipinski definition) is 0. The van der Waals surface area contributed by atoms with E-state index in [4.69, 9.17) is 14.2 Å². The molecule has 0 radical (unpaired) electrons. The van der Waals surface area contributed by atoms with Crippen molar-refractivity contribution in [1.82, 2.24) is 0 Å². The number of rotatable bonds is 49. The number of carbonyl (C=O) groups is 3. The highest BCUT2D eigenvalue weighted by Crippen LogP contribution is 2.14. The summed E-state index contributed by atoms with van der Waals surface area (Å²) in [5.74, 6) is -0.931. The van der Waals surface area contributed by atoms with Gasteiger partial charge in [0.15, 0.2) is 6.10 Å². The van der Waals surface area contributed by atoms with Crippen molar-refractivity contribution < 1.29 is 28.6 Å². The molecule has 0 aromatic heterocycles. The predicted molar refractivity (Wildman–Crippen MR) is 288 cm³/mol. The second-order valence-corrected chi connectivity index (χ2v) is 18.1. The fraction of sp³-hybridized carbons (Fsp3) is 0.689. The molecule has 0 bridgehead atoms. The molecule has 0 N–H and O–H groups in total. The first-order valence-corrected chi connectivity index (χ1v) is 27.8. The fourth-order valence-electron chi connectivity index (χ4n) is 7.49. The smallest absolute Gasteiger partial charge is 0.306 e. The van der Waals surface area contributed by atoms with Crippen molar-refractivity contribution in [2.45, 2.75) is 258 Å². The summed E-state index contributed by atoms with van der Waals surface area (Å²) in [6.45, 7) is 6.36. The van der Waals surface area contributed by atoms with Gasteiger partial charge in [-0.15, -0.1) is 0 Å². The van der Waals surface area contributed by atoms with Gasteiger partial charge in [-0.25, -0.2) is 0 Å². The van der Waals surface area contributed by atoms with Crippen LogP contribution in [-0.4, -0.2) is 37.2 Å². The zero-order valence-corrected chi connectivity index (χ0v) is 43.6. The van der Waals surface area contributed by atoms with Crippen molar-refractivity contribution in [1.29, 1.82) is 0 Å². The Morgan fingerprint density at radius 1 is 0.328 bits per heavy atom. The molecule has 0 amide bonds. The van der Waals surface area contributed by atoms with Crippen LogP contribution in [0.15, 0.2) is 97.2 Å². The first-order valence-electron chi connectivity index (χ1n) is 27.8. The molecule has 1 atom stereocenters. The van der Waals surface area contributed by atoms with Crippen LogP contribution >= 0.6 is 0 Å². The number of ether oxygens (including phenoxy) is 3. The van der Waals surface area contributed by atoms with E-state index in [1.807, 2.05) is 0 Å². The Morgan fingerprint density at radius 3 is 1.09 bits per heavy atom. The highest BCUT2D eigenvalue weighted by Gasteiger charge is 2.19. The van der Waals surface area contributed by atoms with Gasteiger partial charge < -0.3 is 14.2 Å². The molecule has 0 saturated carbocycles. The second kappa shape index (κ2) is 54.9. The molecule has 0 spiro atoms. The Balaban J connectivity index is 4.43. The summed E-state index contributed by atoms with van der Waals surface area (Å²) in [7, 11) is 0. The number of hydrogen-bond acceptors (Lipinski definition) is 6. The molecule has 1 unspecified atom stereocenters. The Bertz CT molecular complexity index is 1350. The molecule has 0 aromatic rings. The Labute approximate surface area is 413 Å². The van der Waals surface area contributed by atoms with Gasteiger partial charge in [0, 0.05) is 19.3 Å². The van der Waals surface area contributed by atoms with Crippen molar-refractivity contribution in [3.05, 3.63) is 97.2 Å². The third-order valence-corrected chi connectivity index (χ3v) is 11.6. The first-order chi connectivity index (χ1) is 33.0. The van der Waals surface area contributed by atoms with E-state index in [0.717, 1.165) is 122 Å². The van der Waals surface area contributed by atoms with Gasteiger partial charge in [0.1, 0.15) is 13.2 Å². The molecule has 0 heterocycles. The lowest BCUT2D eigenvalue weighted by Crippen LogP contribution is -2.30. The van der Waals surface area contributed by atoms with Gasteiger partial charge in [-0.1, -0.05) is 227 Å². The quantitative estimate of drug-likeness (QED) is 0.0199. The van der Waals surface area contributed by atoms with E-state index in [0.29, 0.717) is 19.3 Å². The summed E-state index contributed by atoms with van der Waals surface area (Å²) in [6.07, 6.45) is 72.5. The first kappa shape index (κ1) is 63.3. The van der Waals surface area contributed by atoms with Crippen LogP contribution in [0.2, 0.25) is 0 Å². The van der Waals surface area contributed by atoms with E-state index in [1.54, 1.807) is 0 Å². The van der Waals surface area contributed by atoms with Crippen molar-refractivity contribution in [3.8, 4) is 0 Å². The largest absolute Gasteiger partial charge is 0.462 e. The molecule has 0 aliphatic carbocycles. The maximum atomic E-state index is 12.8. The van der Waals surface area contributed by atoms with Gasteiger partial charge in [-0.2, -0.15) is 0 Å². The normalized spacial score (nSPS) is 12.8. The monoisotopic (exact) mass is 931 g/mol. The zero-order valence-electron chi connectivity index (χ0n) is 43.6. The van der Waals surface area contributed by atoms with Crippen LogP contribution < -0.4 is 0 Å². The fourth-order valence-corrected chi connectivity index (χ4v) is 7.49. The molecule has 0 saturated heterocycles. The molecule has 382 valence electrons. The van der Waals surface area contributed by atoms with Crippen LogP contribution in [-0.2, 0) is 28.6 Å². The van der Waals surface area contributed by atoms with E-state index < -0.39 is 6.10 Å². The number of allylic oxidation sites excluding steroid dienone is 16. The summed E-state index contributed by atoms with van der Waals surface area (Å²) < 4.78 is 16.8. The van der Waals surface area contributed by atoms with Gasteiger partial charge in [-0.05, 0) is 103 Å². The van der Waals surface area contributed by atoms with E-state index in [2.05, 4.69) is 118 Å². The van der Waals surface area contributed by atoms with E-state index in [9.17, 15) is 14.4 Å². The van der Waals surface area contributed by atoms with Gasteiger partial charge in [0.2, 0.25) is 0 Å². The molecule has 0 aliphatic heterocycles. The third-order valence-electron chi connectivity index (χ3n) is 11.6. The van der Waals surface area contributed by atoms with Crippen LogP contribution in [0.5, 0.6) is 0 Å². The van der Waals surface area contributed by atoms with Gasteiger partial charge in [0.25, 0.3) is 0 Å². The van der Waals surface area contributed by atoms with Crippen LogP contribution in [0, 0.1) is 0 Å². The molecule has 0 fully saturated rings. The average molecular weight is 931 g/mol. The minimum absolute atomic E-state index is 0.0942. The maximum Gasteiger partial charge on any atom is 0.306 e. The summed E-state index contributed by atoms with van der Waals surface area (Å²) in [4.78, 5) is 38.1. The highest BCUT2D eigenvalue weighted by molar-refractivity contribution is 5.71. The lowest BCUT2D eigenvalue weighted by atomic mass is 10.1. The number of unbranched alkanes of at least 4 members (excludes halogenated alkanes) is 24. The Hall–Kier alpha value is -3.67. The van der Waals surface area contributed by atoms with E-state index in [-0.39, 0.29) is 31.1 Å². The maximum absolute atomic E-state index is 12.8. The van der Waals surface area contributed by atoms with Crippen molar-refractivity contribution >= 4 is 17.9 Å². The van der Waals surface area contributed by atoms with Crippen LogP contribution in [0.4, 0.5) is 0 Å². The third kappa shape index (κ3) is 53.2.